The molecule has 0 aliphatic carbocycles. The summed E-state index contributed by atoms with van der Waals surface area (Å²) < 4.78 is 5.34. The van der Waals surface area contributed by atoms with E-state index in [4.69, 9.17) is 4.74 Å². The smallest absolute Gasteiger partial charge is 0.321 e. The van der Waals surface area contributed by atoms with E-state index in [9.17, 15) is 14.7 Å². The van der Waals surface area contributed by atoms with Crippen molar-refractivity contribution in [2.75, 3.05) is 7.05 Å². The number of benzene rings is 1. The summed E-state index contributed by atoms with van der Waals surface area (Å²) in [5.74, 6) is -1.08. The maximum absolute atomic E-state index is 11.9. The SMILES string of the molecule is CC(C)[C@@H](C(=O)O)N(C)Cc1cccc(CC(=O)OC(C)(C)C)c1. The molecule has 0 saturated heterocycles. The molecule has 1 N–H and O–H groups in total. The Kier molecular flexibility index (Phi) is 6.96. The molecule has 0 radical (unpaired) electrons. The number of hydrogen-bond donors (Lipinski definition) is 1. The van der Waals surface area contributed by atoms with Crippen LogP contribution in [0.15, 0.2) is 24.3 Å². The van der Waals surface area contributed by atoms with E-state index in [2.05, 4.69) is 0 Å². The van der Waals surface area contributed by atoms with Gasteiger partial charge in [0, 0.05) is 6.54 Å². The van der Waals surface area contributed by atoms with Gasteiger partial charge in [0.05, 0.1) is 6.42 Å². The van der Waals surface area contributed by atoms with E-state index < -0.39 is 17.6 Å². The molecular weight excluding hydrogens is 306 g/mol. The molecule has 0 spiro atoms. The second kappa shape index (κ2) is 8.29. The molecule has 0 heterocycles. The van der Waals surface area contributed by atoms with Crippen molar-refractivity contribution >= 4 is 11.9 Å². The predicted octanol–water partition coefficient (Wildman–Crippen LogP) is 3.11. The van der Waals surface area contributed by atoms with Gasteiger partial charge in [-0.25, -0.2) is 0 Å². The average Bonchev–Trinajstić information content (AvgIpc) is 2.35. The lowest BCUT2D eigenvalue weighted by Gasteiger charge is -2.27. The molecule has 0 amide bonds. The Hall–Kier alpha value is -1.88. The minimum atomic E-state index is -0.822. The number of hydrogen-bond acceptors (Lipinski definition) is 4. The lowest BCUT2D eigenvalue weighted by atomic mass is 10.0. The highest BCUT2D eigenvalue weighted by molar-refractivity contribution is 5.74. The highest BCUT2D eigenvalue weighted by Gasteiger charge is 2.26. The third-order valence-corrected chi connectivity index (χ3v) is 3.55. The van der Waals surface area contributed by atoms with Gasteiger partial charge in [-0.05, 0) is 44.9 Å². The number of carbonyl (C=O) groups is 2. The summed E-state index contributed by atoms with van der Waals surface area (Å²) in [6.45, 7) is 9.83. The molecule has 5 heteroatoms. The van der Waals surface area contributed by atoms with E-state index in [1.807, 2.05) is 63.8 Å². The molecular formula is C19H29NO4. The van der Waals surface area contributed by atoms with Crippen LogP contribution in [0.5, 0.6) is 0 Å². The van der Waals surface area contributed by atoms with Crippen LogP contribution < -0.4 is 0 Å². The summed E-state index contributed by atoms with van der Waals surface area (Å²) in [6, 6.07) is 7.09. The zero-order chi connectivity index (χ0) is 18.5. The third-order valence-electron chi connectivity index (χ3n) is 3.55. The van der Waals surface area contributed by atoms with Crippen molar-refractivity contribution in [2.45, 2.75) is 59.2 Å². The molecule has 134 valence electrons. The van der Waals surface area contributed by atoms with E-state index in [0.717, 1.165) is 11.1 Å². The Balaban J connectivity index is 2.78. The van der Waals surface area contributed by atoms with Gasteiger partial charge in [-0.2, -0.15) is 0 Å². The van der Waals surface area contributed by atoms with Crippen LogP contribution >= 0.6 is 0 Å². The summed E-state index contributed by atoms with van der Waals surface area (Å²) >= 11 is 0. The van der Waals surface area contributed by atoms with Gasteiger partial charge < -0.3 is 9.84 Å². The van der Waals surface area contributed by atoms with Gasteiger partial charge in [0.2, 0.25) is 0 Å². The second-order valence-electron chi connectivity index (χ2n) is 7.53. The fraction of sp³-hybridized carbons (Fsp3) is 0.579. The zero-order valence-corrected chi connectivity index (χ0v) is 15.5. The fourth-order valence-electron chi connectivity index (χ4n) is 2.75. The molecule has 0 saturated carbocycles. The molecule has 0 unspecified atom stereocenters. The van der Waals surface area contributed by atoms with Crippen molar-refractivity contribution < 1.29 is 19.4 Å². The number of carboxylic acid groups (broad SMARTS) is 1. The number of rotatable bonds is 7. The van der Waals surface area contributed by atoms with Crippen LogP contribution in [-0.4, -0.2) is 40.6 Å². The number of carbonyl (C=O) groups excluding carboxylic acids is 1. The van der Waals surface area contributed by atoms with Gasteiger partial charge in [-0.15, -0.1) is 0 Å². The first kappa shape index (κ1) is 20.2. The van der Waals surface area contributed by atoms with Crippen LogP contribution in [0.4, 0.5) is 0 Å². The van der Waals surface area contributed by atoms with E-state index >= 15 is 0 Å². The number of esters is 1. The zero-order valence-electron chi connectivity index (χ0n) is 15.5. The molecule has 0 fully saturated rings. The monoisotopic (exact) mass is 335 g/mol. The first-order chi connectivity index (χ1) is 11.0. The first-order valence-corrected chi connectivity index (χ1v) is 8.22. The van der Waals surface area contributed by atoms with Crippen molar-refractivity contribution in [1.29, 1.82) is 0 Å². The molecule has 1 atom stereocenters. The van der Waals surface area contributed by atoms with Crippen LogP contribution in [0.3, 0.4) is 0 Å². The quantitative estimate of drug-likeness (QED) is 0.776. The maximum atomic E-state index is 11.9. The predicted molar refractivity (Wildman–Crippen MR) is 93.7 cm³/mol. The van der Waals surface area contributed by atoms with Crippen molar-refractivity contribution in [2.24, 2.45) is 5.92 Å². The third kappa shape index (κ3) is 6.71. The number of ether oxygens (including phenoxy) is 1. The summed E-state index contributed by atoms with van der Waals surface area (Å²) in [5.41, 5.74) is 1.35. The maximum Gasteiger partial charge on any atom is 0.321 e. The van der Waals surface area contributed by atoms with Gasteiger partial charge in [-0.3, -0.25) is 14.5 Å². The molecule has 0 aliphatic heterocycles. The summed E-state index contributed by atoms with van der Waals surface area (Å²) in [6.07, 6.45) is 0.210. The van der Waals surface area contributed by atoms with E-state index in [-0.39, 0.29) is 18.3 Å². The number of aliphatic carboxylic acids is 1. The van der Waals surface area contributed by atoms with E-state index in [1.165, 1.54) is 0 Å². The molecule has 0 bridgehead atoms. The Morgan fingerprint density at radius 1 is 1.21 bits per heavy atom. The average molecular weight is 335 g/mol. The topological polar surface area (TPSA) is 66.8 Å². The molecule has 1 aromatic rings. The van der Waals surface area contributed by atoms with Crippen LogP contribution in [0.2, 0.25) is 0 Å². The van der Waals surface area contributed by atoms with Gasteiger partial charge in [0.15, 0.2) is 0 Å². The Bertz CT molecular complexity index is 575. The van der Waals surface area contributed by atoms with Gasteiger partial charge in [0.25, 0.3) is 0 Å². The molecule has 1 aromatic carbocycles. The summed E-state index contributed by atoms with van der Waals surface area (Å²) in [7, 11) is 1.80. The number of nitrogens with zero attached hydrogens (tertiary/aromatic N) is 1. The van der Waals surface area contributed by atoms with Crippen LogP contribution in [0.25, 0.3) is 0 Å². The van der Waals surface area contributed by atoms with Crippen molar-refractivity contribution in [3.05, 3.63) is 35.4 Å². The Morgan fingerprint density at radius 2 is 1.79 bits per heavy atom. The van der Waals surface area contributed by atoms with Crippen molar-refractivity contribution in [1.82, 2.24) is 4.90 Å². The standard InChI is InChI=1S/C19H29NO4/c1-13(2)17(18(22)23)20(6)12-15-9-7-8-14(10-15)11-16(21)24-19(3,4)5/h7-10,13,17H,11-12H2,1-6H3,(H,22,23)/t17-/m0/s1. The second-order valence-corrected chi connectivity index (χ2v) is 7.53. The molecule has 5 nitrogen and oxygen atoms in total. The van der Waals surface area contributed by atoms with Crippen LogP contribution in [0.1, 0.15) is 45.7 Å². The number of likely N-dealkylation sites (N-methyl/N-ethyl adjacent to an activating group) is 1. The normalized spacial score (nSPS) is 13.2. The minimum absolute atomic E-state index is 0.0115. The Morgan fingerprint density at radius 3 is 2.29 bits per heavy atom. The summed E-state index contributed by atoms with van der Waals surface area (Å²) in [5, 5.41) is 9.37. The number of carboxylic acids is 1. The van der Waals surface area contributed by atoms with Gasteiger partial charge >= 0.3 is 11.9 Å². The minimum Gasteiger partial charge on any atom is -0.480 e. The van der Waals surface area contributed by atoms with Crippen molar-refractivity contribution in [3.63, 3.8) is 0 Å². The van der Waals surface area contributed by atoms with Crippen LogP contribution in [-0.2, 0) is 27.3 Å². The van der Waals surface area contributed by atoms with Crippen LogP contribution in [0, 0.1) is 5.92 Å². The fourth-order valence-corrected chi connectivity index (χ4v) is 2.75. The lowest BCUT2D eigenvalue weighted by Crippen LogP contribution is -2.41. The molecule has 0 aliphatic rings. The highest BCUT2D eigenvalue weighted by atomic mass is 16.6. The lowest BCUT2D eigenvalue weighted by molar-refractivity contribution is -0.154. The van der Waals surface area contributed by atoms with E-state index in [1.54, 1.807) is 7.05 Å². The summed E-state index contributed by atoms with van der Waals surface area (Å²) in [4.78, 5) is 25.2. The molecule has 24 heavy (non-hydrogen) atoms. The highest BCUT2D eigenvalue weighted by Crippen LogP contribution is 2.16. The molecule has 1 rings (SSSR count). The van der Waals surface area contributed by atoms with Gasteiger partial charge in [0.1, 0.15) is 11.6 Å². The Labute approximate surface area is 144 Å². The largest absolute Gasteiger partial charge is 0.480 e. The van der Waals surface area contributed by atoms with Gasteiger partial charge in [-0.1, -0.05) is 38.1 Å². The van der Waals surface area contributed by atoms with E-state index in [0.29, 0.717) is 6.54 Å². The first-order valence-electron chi connectivity index (χ1n) is 8.22. The molecule has 0 aromatic heterocycles. The van der Waals surface area contributed by atoms with Crippen molar-refractivity contribution in [3.8, 4) is 0 Å².